The number of carbonyl (C=O) groups is 1. The third-order valence-electron chi connectivity index (χ3n) is 4.25. The molecule has 128 valence electrons. The van der Waals surface area contributed by atoms with E-state index in [0.717, 1.165) is 25.7 Å². The van der Waals surface area contributed by atoms with Gasteiger partial charge in [0.25, 0.3) is 5.91 Å². The number of nitrogens with two attached hydrogens (primary N) is 1. The van der Waals surface area contributed by atoms with Gasteiger partial charge in [-0.3, -0.25) is 9.78 Å². The predicted octanol–water partition coefficient (Wildman–Crippen LogP) is 3.31. The van der Waals surface area contributed by atoms with Crippen LogP contribution in [0.15, 0.2) is 42.6 Å². The average Bonchev–Trinajstić information content (AvgIpc) is 2.57. The van der Waals surface area contributed by atoms with Gasteiger partial charge in [-0.25, -0.2) is 4.39 Å². The van der Waals surface area contributed by atoms with Gasteiger partial charge in [0.15, 0.2) is 0 Å². The highest BCUT2D eigenvalue weighted by Crippen LogP contribution is 2.19. The van der Waals surface area contributed by atoms with Crippen LogP contribution in [0.3, 0.4) is 0 Å². The second kappa shape index (κ2) is 8.22. The van der Waals surface area contributed by atoms with Crippen LogP contribution in [0.5, 0.6) is 0 Å². The van der Waals surface area contributed by atoms with Gasteiger partial charge in [-0.15, -0.1) is 12.4 Å². The summed E-state index contributed by atoms with van der Waals surface area (Å²) in [6.07, 6.45) is 5.26. The number of halogens is 2. The van der Waals surface area contributed by atoms with Gasteiger partial charge in [-0.2, -0.15) is 0 Å². The van der Waals surface area contributed by atoms with E-state index in [9.17, 15) is 9.18 Å². The highest BCUT2D eigenvalue weighted by molar-refractivity contribution is 5.94. The Morgan fingerprint density at radius 2 is 1.92 bits per heavy atom. The molecule has 0 bridgehead atoms. The van der Waals surface area contributed by atoms with Crippen molar-refractivity contribution in [2.45, 2.75) is 37.8 Å². The molecule has 3 rings (SSSR count). The fourth-order valence-corrected chi connectivity index (χ4v) is 2.88. The number of benzene rings is 1. The summed E-state index contributed by atoms with van der Waals surface area (Å²) < 4.78 is 13.2. The van der Waals surface area contributed by atoms with E-state index in [1.807, 2.05) is 0 Å². The smallest absolute Gasteiger partial charge is 0.253 e. The minimum atomic E-state index is -0.304. The van der Waals surface area contributed by atoms with Gasteiger partial charge in [0.2, 0.25) is 0 Å². The van der Waals surface area contributed by atoms with Crippen molar-refractivity contribution in [3.8, 4) is 11.3 Å². The van der Waals surface area contributed by atoms with Crippen LogP contribution in [0.4, 0.5) is 4.39 Å². The fraction of sp³-hybridized carbons (Fsp3) is 0.333. The summed E-state index contributed by atoms with van der Waals surface area (Å²) in [5.74, 6) is -0.426. The molecule has 4 nitrogen and oxygen atoms in total. The van der Waals surface area contributed by atoms with Crippen LogP contribution >= 0.6 is 12.4 Å². The molecule has 6 heteroatoms. The van der Waals surface area contributed by atoms with E-state index in [-0.39, 0.29) is 36.2 Å². The molecule has 1 heterocycles. The highest BCUT2D eigenvalue weighted by Gasteiger charge is 2.20. The van der Waals surface area contributed by atoms with Gasteiger partial charge in [0.1, 0.15) is 5.82 Å². The number of nitrogens with one attached hydrogen (secondary N) is 1. The lowest BCUT2D eigenvalue weighted by atomic mass is 9.91. The number of amides is 1. The van der Waals surface area contributed by atoms with Crippen LogP contribution in [0.2, 0.25) is 0 Å². The number of nitrogens with zero attached hydrogens (tertiary/aromatic N) is 1. The van der Waals surface area contributed by atoms with E-state index < -0.39 is 0 Å². The van der Waals surface area contributed by atoms with Crippen molar-refractivity contribution in [2.75, 3.05) is 0 Å². The Morgan fingerprint density at radius 3 is 2.54 bits per heavy atom. The first-order chi connectivity index (χ1) is 11.1. The summed E-state index contributed by atoms with van der Waals surface area (Å²) in [5, 5.41) is 3.03. The third kappa shape index (κ3) is 4.52. The van der Waals surface area contributed by atoms with Crippen molar-refractivity contribution in [1.82, 2.24) is 10.3 Å². The van der Waals surface area contributed by atoms with Gasteiger partial charge < -0.3 is 11.1 Å². The first kappa shape index (κ1) is 18.4. The van der Waals surface area contributed by atoms with E-state index >= 15 is 0 Å². The van der Waals surface area contributed by atoms with E-state index in [1.165, 1.54) is 18.3 Å². The first-order valence-corrected chi connectivity index (χ1v) is 7.90. The van der Waals surface area contributed by atoms with Crippen molar-refractivity contribution in [3.05, 3.63) is 54.0 Å². The Hall–Kier alpha value is -1.98. The Morgan fingerprint density at radius 1 is 1.17 bits per heavy atom. The van der Waals surface area contributed by atoms with Crippen molar-refractivity contribution < 1.29 is 9.18 Å². The lowest BCUT2D eigenvalue weighted by molar-refractivity contribution is 0.0925. The molecule has 1 aliphatic rings. The number of hydrogen-bond acceptors (Lipinski definition) is 3. The van der Waals surface area contributed by atoms with Gasteiger partial charge in [-0.05, 0) is 49.9 Å². The number of rotatable bonds is 3. The predicted molar refractivity (Wildman–Crippen MR) is 94.6 cm³/mol. The maximum Gasteiger partial charge on any atom is 0.253 e. The Kier molecular flexibility index (Phi) is 6.29. The molecule has 0 atom stereocenters. The number of carbonyl (C=O) groups excluding carboxylic acids is 1. The number of aromatic nitrogens is 1. The molecule has 1 saturated carbocycles. The molecule has 0 spiro atoms. The molecular weight excluding hydrogens is 329 g/mol. The van der Waals surface area contributed by atoms with E-state index in [2.05, 4.69) is 10.3 Å². The minimum absolute atomic E-state index is 0. The van der Waals surface area contributed by atoms with Crippen molar-refractivity contribution in [1.29, 1.82) is 0 Å². The van der Waals surface area contributed by atoms with Crippen LogP contribution in [0, 0.1) is 5.82 Å². The highest BCUT2D eigenvalue weighted by atomic mass is 35.5. The first-order valence-electron chi connectivity index (χ1n) is 7.90. The Bertz CT molecular complexity index is 685. The van der Waals surface area contributed by atoms with Crippen LogP contribution < -0.4 is 11.1 Å². The summed E-state index contributed by atoms with van der Waals surface area (Å²) in [6, 6.07) is 10.1. The van der Waals surface area contributed by atoms with Gasteiger partial charge >= 0.3 is 0 Å². The fourth-order valence-electron chi connectivity index (χ4n) is 2.88. The summed E-state index contributed by atoms with van der Waals surface area (Å²) >= 11 is 0. The molecule has 1 aromatic heterocycles. The maximum atomic E-state index is 13.2. The number of hydrogen-bond donors (Lipinski definition) is 2. The lowest BCUT2D eigenvalue weighted by Crippen LogP contribution is -2.40. The van der Waals surface area contributed by atoms with Gasteiger partial charge in [0, 0.05) is 23.8 Å². The standard InChI is InChI=1S/C18H20FN3O.ClH/c19-14-3-1-2-12(10-14)17-9-4-13(11-21-17)18(23)22-16-7-5-15(20)6-8-16;/h1-4,9-11,15-16H,5-8,20H2,(H,22,23);1H/t15-,16-;. The van der Waals surface area contributed by atoms with Crippen LogP contribution in [0.1, 0.15) is 36.0 Å². The zero-order valence-electron chi connectivity index (χ0n) is 13.2. The molecule has 0 aliphatic heterocycles. The largest absolute Gasteiger partial charge is 0.349 e. The third-order valence-corrected chi connectivity index (χ3v) is 4.25. The molecule has 1 amide bonds. The lowest BCUT2D eigenvalue weighted by Gasteiger charge is -2.26. The van der Waals surface area contributed by atoms with E-state index in [1.54, 1.807) is 24.3 Å². The SMILES string of the molecule is Cl.N[C@H]1CC[C@H](NC(=O)c2ccc(-c3cccc(F)c3)nc2)CC1. The second-order valence-electron chi connectivity index (χ2n) is 6.03. The topological polar surface area (TPSA) is 68.0 Å². The monoisotopic (exact) mass is 349 g/mol. The van der Waals surface area contributed by atoms with Crippen molar-refractivity contribution in [3.63, 3.8) is 0 Å². The van der Waals surface area contributed by atoms with Gasteiger partial charge in [-0.1, -0.05) is 12.1 Å². The van der Waals surface area contributed by atoms with E-state index in [0.29, 0.717) is 16.8 Å². The van der Waals surface area contributed by atoms with Gasteiger partial charge in [0.05, 0.1) is 11.3 Å². The molecule has 24 heavy (non-hydrogen) atoms. The molecular formula is C18H21ClFN3O. The van der Waals surface area contributed by atoms with Crippen LogP contribution in [0.25, 0.3) is 11.3 Å². The minimum Gasteiger partial charge on any atom is -0.349 e. The second-order valence-corrected chi connectivity index (χ2v) is 6.03. The summed E-state index contributed by atoms with van der Waals surface area (Å²) in [4.78, 5) is 16.5. The molecule has 0 saturated heterocycles. The van der Waals surface area contributed by atoms with Crippen molar-refractivity contribution in [2.24, 2.45) is 5.73 Å². The quantitative estimate of drug-likeness (QED) is 0.893. The Labute approximate surface area is 147 Å². The zero-order chi connectivity index (χ0) is 16.2. The van der Waals surface area contributed by atoms with E-state index in [4.69, 9.17) is 5.73 Å². The van der Waals surface area contributed by atoms with Crippen LogP contribution in [-0.4, -0.2) is 23.0 Å². The number of pyridine rings is 1. The molecule has 3 N–H and O–H groups in total. The molecule has 0 unspecified atom stereocenters. The molecule has 1 aliphatic carbocycles. The van der Waals surface area contributed by atoms with Crippen molar-refractivity contribution >= 4 is 18.3 Å². The summed E-state index contributed by atoms with van der Waals surface area (Å²) in [5.41, 5.74) is 7.72. The Balaban J connectivity index is 0.00000208. The average molecular weight is 350 g/mol. The maximum absolute atomic E-state index is 13.2. The molecule has 1 aromatic carbocycles. The zero-order valence-corrected chi connectivity index (χ0v) is 14.1. The summed E-state index contributed by atoms with van der Waals surface area (Å²) in [7, 11) is 0. The van der Waals surface area contributed by atoms with Crippen LogP contribution in [-0.2, 0) is 0 Å². The molecule has 2 aromatic rings. The molecule has 1 fully saturated rings. The normalized spacial score (nSPS) is 20.1. The summed E-state index contributed by atoms with van der Waals surface area (Å²) in [6.45, 7) is 0. The molecule has 0 radical (unpaired) electrons.